The number of nitrogens with one attached hydrogen (secondary N) is 3. The summed E-state index contributed by atoms with van der Waals surface area (Å²) < 4.78 is 5.49. The fourth-order valence-electron chi connectivity index (χ4n) is 7.90. The molecule has 3 aliphatic carbocycles. The largest absolute Gasteiger partial charge is 0.497 e. The standard InChI is InChI=1S/C32H46N6O/c1-21-28-18-24(32(28,2)3)19-29(21)37-14-16-38(17-15-37)36-31(33-4)35-25-9-6-23(7-10-25)30-27-20-26(39-5)11-8-22(27)12-13-34-30/h6-11,20-21,24,28-30,34H,12-19H2,1-5H3,(H2,33,35,36). The van der Waals surface area contributed by atoms with Crippen molar-refractivity contribution in [3.8, 4) is 5.75 Å². The highest BCUT2D eigenvalue weighted by molar-refractivity contribution is 5.93. The van der Waals surface area contributed by atoms with E-state index in [4.69, 9.17) is 4.74 Å². The zero-order valence-corrected chi connectivity index (χ0v) is 24.3. The van der Waals surface area contributed by atoms with Crippen LogP contribution >= 0.6 is 0 Å². The van der Waals surface area contributed by atoms with Crippen LogP contribution in [0.5, 0.6) is 5.75 Å². The second-order valence-electron chi connectivity index (χ2n) is 12.7. The van der Waals surface area contributed by atoms with Crippen LogP contribution in [0.2, 0.25) is 0 Å². The Morgan fingerprint density at radius 2 is 1.82 bits per heavy atom. The first kappa shape index (κ1) is 26.6. The van der Waals surface area contributed by atoms with Crippen LogP contribution in [0, 0.1) is 23.2 Å². The van der Waals surface area contributed by atoms with E-state index in [2.05, 4.69) is 94.2 Å². The summed E-state index contributed by atoms with van der Waals surface area (Å²) in [4.78, 5) is 7.27. The molecule has 0 spiro atoms. The number of hydrogen-bond acceptors (Lipinski definition) is 5. The lowest BCUT2D eigenvalue weighted by atomic mass is 9.44. The maximum atomic E-state index is 5.49. The normalized spacial score (nSPS) is 30.7. The summed E-state index contributed by atoms with van der Waals surface area (Å²) in [6.45, 7) is 12.7. The molecule has 3 N–H and O–H groups in total. The molecule has 39 heavy (non-hydrogen) atoms. The topological polar surface area (TPSA) is 64.2 Å². The van der Waals surface area contributed by atoms with Crippen molar-refractivity contribution in [2.24, 2.45) is 28.2 Å². The molecule has 2 aromatic rings. The van der Waals surface area contributed by atoms with Crippen LogP contribution in [0.25, 0.3) is 0 Å². The molecule has 210 valence electrons. The van der Waals surface area contributed by atoms with E-state index in [0.29, 0.717) is 5.41 Å². The molecule has 5 aliphatic rings. The second kappa shape index (κ2) is 10.8. The number of hydrogen-bond donors (Lipinski definition) is 3. The van der Waals surface area contributed by atoms with E-state index in [1.165, 1.54) is 29.5 Å². The van der Waals surface area contributed by atoms with Crippen molar-refractivity contribution in [2.75, 3.05) is 52.2 Å². The van der Waals surface area contributed by atoms with Gasteiger partial charge >= 0.3 is 0 Å². The summed E-state index contributed by atoms with van der Waals surface area (Å²) in [6, 6.07) is 16.1. The van der Waals surface area contributed by atoms with Gasteiger partial charge in [-0.15, -0.1) is 0 Å². The number of rotatable bonds is 5. The van der Waals surface area contributed by atoms with E-state index in [1.807, 2.05) is 7.05 Å². The number of aliphatic imine (C=N–C) groups is 1. The molecule has 0 amide bonds. The van der Waals surface area contributed by atoms with Gasteiger partial charge in [-0.05, 0) is 83.4 Å². The molecule has 4 fully saturated rings. The van der Waals surface area contributed by atoms with Crippen LogP contribution in [0.1, 0.15) is 56.3 Å². The van der Waals surface area contributed by atoms with E-state index < -0.39 is 0 Å². The van der Waals surface area contributed by atoms with Crippen LogP contribution in [-0.4, -0.2) is 68.8 Å². The molecule has 0 aromatic heterocycles. The third kappa shape index (κ3) is 5.05. The molecule has 7 rings (SSSR count). The van der Waals surface area contributed by atoms with Gasteiger partial charge in [0.2, 0.25) is 5.96 Å². The lowest BCUT2D eigenvalue weighted by molar-refractivity contribution is -0.143. The second-order valence-corrected chi connectivity index (χ2v) is 12.7. The molecule has 7 heteroatoms. The Balaban J connectivity index is 1.03. The van der Waals surface area contributed by atoms with Crippen LogP contribution in [0.15, 0.2) is 47.5 Å². The number of benzene rings is 2. The zero-order valence-electron chi connectivity index (χ0n) is 24.3. The Labute approximate surface area is 234 Å². The number of anilines is 1. The highest BCUT2D eigenvalue weighted by Crippen LogP contribution is 2.62. The van der Waals surface area contributed by atoms with Crippen molar-refractivity contribution in [2.45, 2.75) is 52.1 Å². The van der Waals surface area contributed by atoms with Crippen LogP contribution in [0.3, 0.4) is 0 Å². The van der Waals surface area contributed by atoms with Gasteiger partial charge in [-0.1, -0.05) is 39.0 Å². The monoisotopic (exact) mass is 530 g/mol. The Bertz CT molecular complexity index is 1190. The fraction of sp³-hybridized carbons (Fsp3) is 0.594. The molecular weight excluding hydrogens is 484 g/mol. The number of piperazine rings is 1. The minimum atomic E-state index is 0.176. The number of fused-ring (bicyclic) bond motifs is 3. The van der Waals surface area contributed by atoms with Crippen molar-refractivity contribution < 1.29 is 4.74 Å². The first-order valence-electron chi connectivity index (χ1n) is 14.9. The van der Waals surface area contributed by atoms with Crippen molar-refractivity contribution in [1.82, 2.24) is 20.7 Å². The van der Waals surface area contributed by atoms with Gasteiger partial charge < -0.3 is 15.4 Å². The van der Waals surface area contributed by atoms with E-state index in [9.17, 15) is 0 Å². The maximum absolute atomic E-state index is 5.49. The first-order valence-corrected chi connectivity index (χ1v) is 14.9. The van der Waals surface area contributed by atoms with Crippen molar-refractivity contribution in [3.05, 3.63) is 59.2 Å². The van der Waals surface area contributed by atoms with Crippen molar-refractivity contribution in [1.29, 1.82) is 0 Å². The summed E-state index contributed by atoms with van der Waals surface area (Å²) in [5, 5.41) is 9.49. The van der Waals surface area contributed by atoms with Gasteiger partial charge in [-0.25, -0.2) is 5.01 Å². The molecule has 1 saturated heterocycles. The Hall–Kier alpha value is -2.61. The van der Waals surface area contributed by atoms with Gasteiger partial charge in [-0.3, -0.25) is 15.3 Å². The minimum Gasteiger partial charge on any atom is -0.497 e. The first-order chi connectivity index (χ1) is 18.9. The molecule has 5 unspecified atom stereocenters. The maximum Gasteiger partial charge on any atom is 0.210 e. The molecule has 2 aromatic carbocycles. The number of methoxy groups -OCH3 is 1. The molecule has 2 heterocycles. The van der Waals surface area contributed by atoms with Gasteiger partial charge in [0.15, 0.2) is 0 Å². The van der Waals surface area contributed by atoms with Gasteiger partial charge in [-0.2, -0.15) is 0 Å². The van der Waals surface area contributed by atoms with Gasteiger partial charge in [0.1, 0.15) is 5.75 Å². The van der Waals surface area contributed by atoms with E-state index >= 15 is 0 Å². The quantitative estimate of drug-likeness (QED) is 0.390. The molecular formula is C32H46N6O. The number of nitrogens with zero attached hydrogens (tertiary/aromatic N) is 3. The lowest BCUT2D eigenvalue weighted by Gasteiger charge is -2.64. The predicted octanol–water partition coefficient (Wildman–Crippen LogP) is 4.52. The predicted molar refractivity (Wildman–Crippen MR) is 159 cm³/mol. The van der Waals surface area contributed by atoms with E-state index in [1.54, 1.807) is 7.11 Å². The van der Waals surface area contributed by atoms with Crippen molar-refractivity contribution in [3.63, 3.8) is 0 Å². The third-order valence-electron chi connectivity index (χ3n) is 10.5. The summed E-state index contributed by atoms with van der Waals surface area (Å²) in [5.41, 5.74) is 9.09. The van der Waals surface area contributed by atoms with E-state index in [0.717, 1.165) is 80.3 Å². The summed E-state index contributed by atoms with van der Waals surface area (Å²) in [7, 11) is 3.57. The Morgan fingerprint density at radius 3 is 2.49 bits per heavy atom. The average Bonchev–Trinajstić information content (AvgIpc) is 2.96. The number of ether oxygens (including phenoxy) is 1. The smallest absolute Gasteiger partial charge is 0.210 e. The Morgan fingerprint density at radius 1 is 1.05 bits per heavy atom. The highest BCUT2D eigenvalue weighted by Gasteiger charge is 2.57. The van der Waals surface area contributed by atoms with Gasteiger partial charge in [0, 0.05) is 51.5 Å². The fourth-order valence-corrected chi connectivity index (χ4v) is 7.90. The van der Waals surface area contributed by atoms with Gasteiger partial charge in [0.05, 0.1) is 13.2 Å². The molecule has 2 aliphatic heterocycles. The molecule has 2 bridgehead atoms. The van der Waals surface area contributed by atoms with Gasteiger partial charge in [0.25, 0.3) is 0 Å². The summed E-state index contributed by atoms with van der Waals surface area (Å²) in [6.07, 6.45) is 3.88. The zero-order chi connectivity index (χ0) is 27.1. The molecule has 3 saturated carbocycles. The summed E-state index contributed by atoms with van der Waals surface area (Å²) >= 11 is 0. The van der Waals surface area contributed by atoms with Crippen LogP contribution in [-0.2, 0) is 6.42 Å². The van der Waals surface area contributed by atoms with E-state index in [-0.39, 0.29) is 6.04 Å². The Kier molecular flexibility index (Phi) is 7.34. The summed E-state index contributed by atoms with van der Waals surface area (Å²) in [5.74, 6) is 4.32. The lowest BCUT2D eigenvalue weighted by Crippen LogP contribution is -2.64. The van der Waals surface area contributed by atoms with Crippen molar-refractivity contribution >= 4 is 11.6 Å². The molecule has 7 nitrogen and oxygen atoms in total. The minimum absolute atomic E-state index is 0.176. The highest BCUT2D eigenvalue weighted by atomic mass is 16.5. The molecule has 5 atom stereocenters. The number of hydrazine groups is 1. The number of guanidine groups is 1. The third-order valence-corrected chi connectivity index (χ3v) is 10.5. The average molecular weight is 531 g/mol. The van der Waals surface area contributed by atoms with Crippen LogP contribution < -0.4 is 20.8 Å². The SMILES string of the molecule is CN=C(Nc1ccc(C2NCCc3ccc(OC)cc32)cc1)NN1CCN(C2CC3CC(C2C)C3(C)C)CC1. The van der Waals surface area contributed by atoms with Crippen LogP contribution in [0.4, 0.5) is 5.69 Å². The molecule has 0 radical (unpaired) electrons.